The summed E-state index contributed by atoms with van der Waals surface area (Å²) in [5.41, 5.74) is 7.37. The fourth-order valence-corrected chi connectivity index (χ4v) is 4.03. The van der Waals surface area contributed by atoms with Crippen LogP contribution >= 0.6 is 12.4 Å². The molecule has 4 nitrogen and oxygen atoms in total. The number of ether oxygens (including phenoxy) is 1. The van der Waals surface area contributed by atoms with E-state index in [-0.39, 0.29) is 36.3 Å². The van der Waals surface area contributed by atoms with Gasteiger partial charge in [-0.1, -0.05) is 30.3 Å². The fraction of sp³-hybridized carbons (Fsp3) is 0.611. The molecule has 0 spiro atoms. The lowest BCUT2D eigenvalue weighted by molar-refractivity contribution is -0.128. The number of nitrogens with two attached hydrogens (primary N) is 1. The van der Waals surface area contributed by atoms with Gasteiger partial charge in [0.15, 0.2) is 0 Å². The number of carbonyl (C=O) groups excluding carboxylic acids is 1. The van der Waals surface area contributed by atoms with Crippen molar-refractivity contribution in [2.45, 2.75) is 44.9 Å². The average Bonchev–Trinajstić information content (AvgIpc) is 3.09. The Morgan fingerprint density at radius 2 is 2.00 bits per heavy atom. The Labute approximate surface area is 144 Å². The van der Waals surface area contributed by atoms with Crippen molar-refractivity contribution in [2.75, 3.05) is 6.61 Å². The highest BCUT2D eigenvalue weighted by atomic mass is 35.5. The van der Waals surface area contributed by atoms with Crippen LogP contribution in [-0.4, -0.2) is 24.6 Å². The molecule has 128 valence electrons. The summed E-state index contributed by atoms with van der Waals surface area (Å²) in [7, 11) is 0. The van der Waals surface area contributed by atoms with Crippen molar-refractivity contribution < 1.29 is 9.53 Å². The maximum Gasteiger partial charge on any atom is 0.225 e. The predicted molar refractivity (Wildman–Crippen MR) is 93.2 cm³/mol. The number of nitrogens with one attached hydrogen (secondary N) is 1. The second kappa shape index (κ2) is 8.13. The summed E-state index contributed by atoms with van der Waals surface area (Å²) in [5, 5.41) is 3.08. The highest BCUT2D eigenvalue weighted by molar-refractivity contribution is 5.85. The number of carbonyl (C=O) groups is 1. The molecule has 1 aromatic carbocycles. The minimum absolute atomic E-state index is 0. The summed E-state index contributed by atoms with van der Waals surface area (Å²) in [6.07, 6.45) is 3.50. The van der Waals surface area contributed by atoms with Crippen molar-refractivity contribution in [3.05, 3.63) is 35.9 Å². The van der Waals surface area contributed by atoms with Crippen LogP contribution < -0.4 is 11.1 Å². The molecule has 0 radical (unpaired) electrons. The zero-order valence-corrected chi connectivity index (χ0v) is 14.4. The molecule has 23 heavy (non-hydrogen) atoms. The van der Waals surface area contributed by atoms with Crippen LogP contribution in [0.2, 0.25) is 0 Å². The molecule has 5 heteroatoms. The number of hydrogen-bond acceptors (Lipinski definition) is 3. The molecule has 2 fully saturated rings. The van der Waals surface area contributed by atoms with E-state index in [1.165, 1.54) is 6.42 Å². The maximum absolute atomic E-state index is 12.4. The number of amides is 1. The lowest BCUT2D eigenvalue weighted by Gasteiger charge is -2.28. The zero-order valence-electron chi connectivity index (χ0n) is 13.6. The van der Waals surface area contributed by atoms with Gasteiger partial charge in [0.25, 0.3) is 0 Å². The fourth-order valence-electron chi connectivity index (χ4n) is 4.03. The number of hydrogen-bond donors (Lipinski definition) is 2. The molecule has 5 atom stereocenters. The topological polar surface area (TPSA) is 64.3 Å². The van der Waals surface area contributed by atoms with Gasteiger partial charge >= 0.3 is 0 Å². The highest BCUT2D eigenvalue weighted by Gasteiger charge is 2.49. The van der Waals surface area contributed by atoms with Crippen LogP contribution in [0.1, 0.15) is 31.7 Å². The van der Waals surface area contributed by atoms with Crippen LogP contribution in [-0.2, 0) is 16.1 Å². The molecule has 1 amide bonds. The summed E-state index contributed by atoms with van der Waals surface area (Å²) in [6, 6.07) is 10.1. The minimum Gasteiger partial charge on any atom is -0.375 e. The first-order chi connectivity index (χ1) is 10.6. The smallest absolute Gasteiger partial charge is 0.225 e. The number of rotatable bonds is 6. The van der Waals surface area contributed by atoms with Gasteiger partial charge in [0.2, 0.25) is 5.91 Å². The summed E-state index contributed by atoms with van der Waals surface area (Å²) in [5.74, 6) is 1.19. The predicted octanol–water partition coefficient (Wildman–Crippen LogP) is 2.50. The van der Waals surface area contributed by atoms with Crippen LogP contribution in [0, 0.1) is 17.8 Å². The first-order valence-corrected chi connectivity index (χ1v) is 8.32. The second-order valence-electron chi connectivity index (χ2n) is 6.85. The maximum atomic E-state index is 12.4. The van der Waals surface area contributed by atoms with Crippen LogP contribution in [0.25, 0.3) is 0 Å². The van der Waals surface area contributed by atoms with Crippen molar-refractivity contribution in [3.8, 4) is 0 Å². The molecular weight excluding hydrogens is 312 g/mol. The Morgan fingerprint density at radius 1 is 1.30 bits per heavy atom. The third-order valence-electron chi connectivity index (χ3n) is 5.15. The standard InChI is InChI=1S/C18H26N2O2.ClH/c1-12(10-22-11-13-5-3-2-4-6-13)20-18(21)16-14-7-8-15(9-14)17(16)19;/h2-6,12,14-17H,7-11,19H2,1H3,(H,20,21);1H. The van der Waals surface area contributed by atoms with Gasteiger partial charge in [-0.05, 0) is 43.6 Å². The summed E-state index contributed by atoms with van der Waals surface area (Å²) in [4.78, 5) is 12.4. The van der Waals surface area contributed by atoms with Gasteiger partial charge in [0.05, 0.1) is 19.1 Å². The van der Waals surface area contributed by atoms with E-state index < -0.39 is 0 Å². The molecule has 3 rings (SSSR count). The van der Waals surface area contributed by atoms with Crippen LogP contribution in [0.3, 0.4) is 0 Å². The Hall–Kier alpha value is -1.10. The molecule has 2 aliphatic carbocycles. The number of halogens is 1. The third kappa shape index (κ3) is 4.25. The quantitative estimate of drug-likeness (QED) is 0.837. The number of fused-ring (bicyclic) bond motifs is 2. The zero-order chi connectivity index (χ0) is 15.5. The largest absolute Gasteiger partial charge is 0.375 e. The van der Waals surface area contributed by atoms with E-state index in [4.69, 9.17) is 10.5 Å². The minimum atomic E-state index is 0. The Bertz CT molecular complexity index is 509. The third-order valence-corrected chi connectivity index (χ3v) is 5.15. The molecule has 2 bridgehead atoms. The van der Waals surface area contributed by atoms with Gasteiger partial charge in [0, 0.05) is 12.1 Å². The van der Waals surface area contributed by atoms with Crippen LogP contribution in [0.15, 0.2) is 30.3 Å². The summed E-state index contributed by atoms with van der Waals surface area (Å²) < 4.78 is 5.69. The van der Waals surface area contributed by atoms with Crippen molar-refractivity contribution in [1.82, 2.24) is 5.32 Å². The molecule has 0 aromatic heterocycles. The lowest BCUT2D eigenvalue weighted by atomic mass is 9.84. The van der Waals surface area contributed by atoms with Gasteiger partial charge in [-0.2, -0.15) is 0 Å². The molecule has 1 aromatic rings. The average molecular weight is 339 g/mol. The molecule has 5 unspecified atom stereocenters. The Morgan fingerprint density at radius 3 is 2.65 bits per heavy atom. The van der Waals surface area contributed by atoms with E-state index in [9.17, 15) is 4.79 Å². The van der Waals surface area contributed by atoms with Crippen molar-refractivity contribution in [3.63, 3.8) is 0 Å². The second-order valence-corrected chi connectivity index (χ2v) is 6.85. The van der Waals surface area contributed by atoms with Gasteiger partial charge < -0.3 is 15.8 Å². The van der Waals surface area contributed by atoms with Crippen LogP contribution in [0.5, 0.6) is 0 Å². The molecule has 0 saturated heterocycles. The Kier molecular flexibility index (Phi) is 6.45. The highest BCUT2D eigenvalue weighted by Crippen LogP contribution is 2.47. The van der Waals surface area contributed by atoms with E-state index in [1.807, 2.05) is 37.3 Å². The Balaban J connectivity index is 0.00000192. The molecule has 2 aliphatic rings. The van der Waals surface area contributed by atoms with Gasteiger partial charge in [-0.3, -0.25) is 4.79 Å². The van der Waals surface area contributed by atoms with E-state index in [0.29, 0.717) is 25.0 Å². The van der Waals surface area contributed by atoms with E-state index in [2.05, 4.69) is 5.32 Å². The van der Waals surface area contributed by atoms with Gasteiger partial charge in [0.1, 0.15) is 0 Å². The monoisotopic (exact) mass is 338 g/mol. The van der Waals surface area contributed by atoms with Gasteiger partial charge in [-0.15, -0.1) is 12.4 Å². The molecule has 0 aliphatic heterocycles. The first-order valence-electron chi connectivity index (χ1n) is 8.32. The van der Waals surface area contributed by atoms with Crippen molar-refractivity contribution >= 4 is 18.3 Å². The molecule has 3 N–H and O–H groups in total. The molecule has 0 heterocycles. The SMILES string of the molecule is CC(COCc1ccccc1)NC(=O)C1C2CCC(C2)C1N.Cl. The van der Waals surface area contributed by atoms with E-state index in [0.717, 1.165) is 18.4 Å². The number of benzene rings is 1. The molecular formula is C18H27ClN2O2. The van der Waals surface area contributed by atoms with E-state index in [1.54, 1.807) is 0 Å². The first kappa shape index (κ1) is 18.2. The molecule has 2 saturated carbocycles. The van der Waals surface area contributed by atoms with Crippen molar-refractivity contribution in [2.24, 2.45) is 23.5 Å². The summed E-state index contributed by atoms with van der Waals surface area (Å²) >= 11 is 0. The normalized spacial score (nSPS) is 29.8. The van der Waals surface area contributed by atoms with Crippen molar-refractivity contribution in [1.29, 1.82) is 0 Å². The summed E-state index contributed by atoms with van der Waals surface area (Å²) in [6.45, 7) is 3.09. The lowest BCUT2D eigenvalue weighted by Crippen LogP contribution is -2.48. The van der Waals surface area contributed by atoms with Gasteiger partial charge in [-0.25, -0.2) is 0 Å². The van der Waals surface area contributed by atoms with Crippen LogP contribution in [0.4, 0.5) is 0 Å². The van der Waals surface area contributed by atoms with E-state index >= 15 is 0 Å².